The quantitative estimate of drug-likeness (QED) is 0.0406. The summed E-state index contributed by atoms with van der Waals surface area (Å²) in [6.45, 7) is 9.78. The highest BCUT2D eigenvalue weighted by molar-refractivity contribution is 6.31. The van der Waals surface area contributed by atoms with Crippen molar-refractivity contribution in [1.29, 1.82) is 5.26 Å². The first-order chi connectivity index (χ1) is 28.3. The van der Waals surface area contributed by atoms with Gasteiger partial charge in [-0.2, -0.15) is 5.26 Å². The van der Waals surface area contributed by atoms with Gasteiger partial charge in [-0.05, 0) is 91.2 Å². The molecular weight excluding hydrogens is 795 g/mol. The first kappa shape index (κ1) is 44.3. The van der Waals surface area contributed by atoms with Crippen molar-refractivity contribution in [1.82, 2.24) is 24.9 Å². The van der Waals surface area contributed by atoms with Crippen molar-refractivity contribution in [2.24, 2.45) is 10.7 Å². The van der Waals surface area contributed by atoms with Crippen molar-refractivity contribution < 1.29 is 18.4 Å². The van der Waals surface area contributed by atoms with E-state index >= 15 is 0 Å². The number of piperazine rings is 2. The molecule has 2 amide bonds. The van der Waals surface area contributed by atoms with Gasteiger partial charge in [-0.25, -0.2) is 13.8 Å². The Balaban J connectivity index is 0.000000227. The number of amides is 2. The Kier molecular flexibility index (Phi) is 16.0. The lowest BCUT2D eigenvalue weighted by molar-refractivity contribution is -0.131. The van der Waals surface area contributed by atoms with Gasteiger partial charge < -0.3 is 21.3 Å². The number of nitrogens with two attached hydrogens (primary N) is 2. The van der Waals surface area contributed by atoms with Crippen molar-refractivity contribution in [2.75, 3.05) is 45.0 Å². The maximum Gasteiger partial charge on any atom is 0.246 e. The van der Waals surface area contributed by atoms with Crippen LogP contribution in [0.3, 0.4) is 0 Å². The van der Waals surface area contributed by atoms with E-state index in [0.717, 1.165) is 49.4 Å². The topological polar surface area (TPSA) is 147 Å². The van der Waals surface area contributed by atoms with Crippen LogP contribution in [0.1, 0.15) is 36.1 Å². The van der Waals surface area contributed by atoms with Gasteiger partial charge in [0.05, 0.1) is 5.69 Å². The van der Waals surface area contributed by atoms with Crippen LogP contribution >= 0.6 is 23.2 Å². The van der Waals surface area contributed by atoms with Crippen LogP contribution in [0, 0.1) is 23.1 Å². The van der Waals surface area contributed by atoms with Crippen molar-refractivity contribution >= 4 is 64.5 Å². The second kappa shape index (κ2) is 21.3. The van der Waals surface area contributed by atoms with Gasteiger partial charge in [-0.3, -0.25) is 24.7 Å². The first-order valence-electron chi connectivity index (χ1n) is 19.0. The van der Waals surface area contributed by atoms with Gasteiger partial charge in [0.15, 0.2) is 6.19 Å². The minimum Gasteiger partial charge on any atom is -0.398 e. The molecule has 4 aromatic rings. The number of carbonyl (C=O) groups excluding carboxylic acids is 2. The normalized spacial score (nSPS) is 17.7. The Morgan fingerprint density at radius 2 is 1.22 bits per heavy atom. The molecule has 2 heterocycles. The average Bonchev–Trinajstić information content (AvgIpc) is 3.19. The first-order valence-corrected chi connectivity index (χ1v) is 19.8. The van der Waals surface area contributed by atoms with Crippen LogP contribution in [0.25, 0.3) is 12.2 Å². The number of rotatable bonds is 9. The third-order valence-electron chi connectivity index (χ3n) is 9.91. The van der Waals surface area contributed by atoms with Crippen LogP contribution in [-0.4, -0.2) is 88.7 Å². The molecule has 4 aromatic carbocycles. The Morgan fingerprint density at radius 1 is 0.763 bits per heavy atom. The number of nitrogens with zero attached hydrogens (tertiary/aromatic N) is 6. The largest absolute Gasteiger partial charge is 0.398 e. The highest BCUT2D eigenvalue weighted by Crippen LogP contribution is 2.26. The summed E-state index contributed by atoms with van der Waals surface area (Å²) in [7, 11) is 0. The molecular formula is C44H47Cl2F2N9O2. The number of anilines is 1. The van der Waals surface area contributed by atoms with Gasteiger partial charge in [-0.15, -0.1) is 0 Å². The average molecular weight is 843 g/mol. The minimum atomic E-state index is -0.247. The number of nitrogens with one attached hydrogen (secondary N) is 1. The molecule has 0 bridgehead atoms. The molecule has 0 unspecified atom stereocenters. The number of benzene rings is 4. The van der Waals surface area contributed by atoms with E-state index in [1.165, 1.54) is 30.3 Å². The van der Waals surface area contributed by atoms with E-state index in [1.54, 1.807) is 85.1 Å². The molecule has 0 spiro atoms. The molecule has 2 atom stereocenters. The smallest absolute Gasteiger partial charge is 0.246 e. The summed E-state index contributed by atoms with van der Waals surface area (Å²) in [6.07, 6.45) is 8.16. The standard InChI is InChI=1S/C23H24ClFN6O.C21H23ClFN3O/c1-16-13-30(14-17-2-7-20(25)8-3-17)10-11-31(16)22(32)9-5-18-4-6-19(24)12-21(18)29-23(27)28-15-26;1-15-13-25(14-16-2-7-19(23)8-3-16)10-11-26(15)21(27)9-5-17-4-6-18(22)12-20(17)24/h2-9,12,16H,10-11,13-14H2,1H3,(H3,27,28,29);2-9,12,15H,10-11,13-14,24H2,1H3/b2*9-5+/t16-;15-/m11/s1. The number of carbonyl (C=O) groups is 2. The maximum absolute atomic E-state index is 13.1. The molecule has 0 aliphatic carbocycles. The zero-order chi connectivity index (χ0) is 42.5. The Hall–Kier alpha value is -5.78. The van der Waals surface area contributed by atoms with Gasteiger partial charge in [0.1, 0.15) is 11.6 Å². The predicted molar refractivity (Wildman–Crippen MR) is 231 cm³/mol. The zero-order valence-corrected chi connectivity index (χ0v) is 34.4. The molecule has 15 heteroatoms. The number of guanidine groups is 1. The highest BCUT2D eigenvalue weighted by Gasteiger charge is 2.27. The van der Waals surface area contributed by atoms with Crippen LogP contribution < -0.4 is 16.8 Å². The summed E-state index contributed by atoms with van der Waals surface area (Å²) in [5, 5.41) is 12.0. The minimum absolute atomic E-state index is 0.0273. The summed E-state index contributed by atoms with van der Waals surface area (Å²) in [5.74, 6) is -0.676. The monoisotopic (exact) mass is 841 g/mol. The Morgan fingerprint density at radius 3 is 1.68 bits per heavy atom. The van der Waals surface area contributed by atoms with Crippen molar-refractivity contribution in [3.8, 4) is 6.19 Å². The third-order valence-corrected chi connectivity index (χ3v) is 10.4. The molecule has 2 fully saturated rings. The number of halogens is 4. The molecule has 0 saturated carbocycles. The summed E-state index contributed by atoms with van der Waals surface area (Å²) in [4.78, 5) is 37.8. The lowest BCUT2D eigenvalue weighted by atomic mass is 10.1. The third kappa shape index (κ3) is 13.4. The fourth-order valence-electron chi connectivity index (χ4n) is 6.88. The number of nitriles is 1. The van der Waals surface area contributed by atoms with Crippen LogP contribution in [0.2, 0.25) is 10.0 Å². The van der Waals surface area contributed by atoms with E-state index < -0.39 is 0 Å². The molecule has 6 rings (SSSR count). The molecule has 59 heavy (non-hydrogen) atoms. The van der Waals surface area contributed by atoms with E-state index in [4.69, 9.17) is 39.9 Å². The Labute approximate surface area is 353 Å². The number of hydrogen-bond acceptors (Lipinski definition) is 7. The van der Waals surface area contributed by atoms with Crippen molar-refractivity contribution in [2.45, 2.75) is 39.0 Å². The summed E-state index contributed by atoms with van der Waals surface area (Å²) < 4.78 is 26.1. The van der Waals surface area contributed by atoms with E-state index in [1.807, 2.05) is 23.6 Å². The maximum atomic E-state index is 13.1. The summed E-state index contributed by atoms with van der Waals surface area (Å²) >= 11 is 11.9. The number of aliphatic imine (C=N–C) groups is 1. The van der Waals surface area contributed by atoms with Crippen LogP contribution in [0.5, 0.6) is 0 Å². The number of hydrogen-bond donors (Lipinski definition) is 3. The van der Waals surface area contributed by atoms with E-state index in [9.17, 15) is 18.4 Å². The van der Waals surface area contributed by atoms with Crippen LogP contribution in [0.4, 0.5) is 20.2 Å². The molecule has 2 saturated heterocycles. The van der Waals surface area contributed by atoms with Crippen molar-refractivity contribution in [3.63, 3.8) is 0 Å². The van der Waals surface area contributed by atoms with E-state index in [-0.39, 0.29) is 41.5 Å². The lowest BCUT2D eigenvalue weighted by Gasteiger charge is -2.39. The second-order valence-corrected chi connectivity index (χ2v) is 15.2. The van der Waals surface area contributed by atoms with Crippen LogP contribution in [-0.2, 0) is 22.7 Å². The molecule has 2 aliphatic rings. The highest BCUT2D eigenvalue weighted by atomic mass is 35.5. The molecule has 0 aromatic heterocycles. The molecule has 5 N–H and O–H groups in total. The van der Waals surface area contributed by atoms with Gasteiger partial charge >= 0.3 is 0 Å². The Bertz CT molecular complexity index is 2210. The fourth-order valence-corrected chi connectivity index (χ4v) is 7.23. The summed E-state index contributed by atoms with van der Waals surface area (Å²) in [5.41, 5.74) is 16.1. The van der Waals surface area contributed by atoms with Gasteiger partial charge in [-0.1, -0.05) is 59.6 Å². The van der Waals surface area contributed by atoms with Gasteiger partial charge in [0, 0.05) is 97.9 Å². The second-order valence-electron chi connectivity index (χ2n) is 14.4. The predicted octanol–water partition coefficient (Wildman–Crippen LogP) is 7.05. The van der Waals surface area contributed by atoms with Crippen molar-refractivity contribution in [3.05, 3.63) is 141 Å². The van der Waals surface area contributed by atoms with Gasteiger partial charge in [0.2, 0.25) is 17.8 Å². The van der Waals surface area contributed by atoms with Crippen LogP contribution in [0.15, 0.2) is 102 Å². The molecule has 11 nitrogen and oxygen atoms in total. The SMILES string of the molecule is C[C@@H]1CN(Cc2ccc(F)cc2)CCN1C(=O)/C=C/c1ccc(Cl)cc1N.C[C@@H]1CN(Cc2ccc(F)cc2)CCN1C(=O)/C=C/c1ccc(Cl)cc1N=C(N)NC#N. The number of nitrogen functional groups attached to an aromatic ring is 1. The summed E-state index contributed by atoms with van der Waals surface area (Å²) in [6, 6.07) is 23.4. The van der Waals surface area contributed by atoms with E-state index in [2.05, 4.69) is 20.1 Å². The molecule has 308 valence electrons. The van der Waals surface area contributed by atoms with E-state index in [0.29, 0.717) is 46.6 Å². The zero-order valence-electron chi connectivity index (χ0n) is 32.9. The lowest BCUT2D eigenvalue weighted by Crippen LogP contribution is -2.53. The van der Waals surface area contributed by atoms with Gasteiger partial charge in [0.25, 0.3) is 0 Å². The fraction of sp³-hybridized carbons (Fsp3) is 0.273. The molecule has 2 aliphatic heterocycles. The molecule has 0 radical (unpaired) electrons.